The second-order valence-corrected chi connectivity index (χ2v) is 5.32. The summed E-state index contributed by atoms with van der Waals surface area (Å²) < 4.78 is 28.2. The molecule has 1 amide bonds. The first-order chi connectivity index (χ1) is 8.06. The topological polar surface area (TPSA) is 32.8 Å². The standard InChI is InChI=1S/C7H11NO2.C5H8F2/c9-6-8-3-1-7(2-4-8)5-10-7;1-3-2-4(3)5(6)7/h6H,1-5H2;3-5H,2H2,1H3/t;3-,4+/m.0/s1. The van der Waals surface area contributed by atoms with Crippen molar-refractivity contribution in [1.29, 1.82) is 0 Å². The molecule has 0 aromatic heterocycles. The second kappa shape index (κ2) is 4.88. The van der Waals surface area contributed by atoms with Crippen LogP contribution in [0.25, 0.3) is 0 Å². The summed E-state index contributed by atoms with van der Waals surface area (Å²) in [5, 5.41) is 0. The highest BCUT2D eigenvalue weighted by Crippen LogP contribution is 2.42. The molecule has 1 saturated carbocycles. The molecule has 1 aliphatic carbocycles. The summed E-state index contributed by atoms with van der Waals surface area (Å²) >= 11 is 0. The second-order valence-electron chi connectivity index (χ2n) is 5.32. The van der Waals surface area contributed by atoms with Crippen molar-refractivity contribution in [3.05, 3.63) is 0 Å². The van der Waals surface area contributed by atoms with Gasteiger partial charge >= 0.3 is 0 Å². The predicted octanol–water partition coefficient (Wildman–Crippen LogP) is 1.92. The number of ether oxygens (including phenoxy) is 1. The van der Waals surface area contributed by atoms with Crippen LogP contribution in [0.1, 0.15) is 26.2 Å². The van der Waals surface area contributed by atoms with Crippen LogP contribution in [0, 0.1) is 11.8 Å². The zero-order valence-corrected chi connectivity index (χ0v) is 10.1. The summed E-state index contributed by atoms with van der Waals surface area (Å²) in [5.41, 5.74) is 0.208. The molecule has 0 bridgehead atoms. The van der Waals surface area contributed by atoms with Crippen LogP contribution in [0.15, 0.2) is 0 Å². The lowest BCUT2D eigenvalue weighted by Crippen LogP contribution is -2.36. The Labute approximate surface area is 100 Å². The van der Waals surface area contributed by atoms with Crippen LogP contribution < -0.4 is 0 Å². The number of amides is 1. The van der Waals surface area contributed by atoms with Crippen molar-refractivity contribution >= 4 is 6.41 Å². The molecule has 0 aromatic carbocycles. The van der Waals surface area contributed by atoms with E-state index in [1.807, 2.05) is 11.8 Å². The summed E-state index contributed by atoms with van der Waals surface area (Å²) in [5.74, 6) is 0.0278. The molecule has 2 saturated heterocycles. The number of piperidine rings is 1. The molecular weight excluding hydrogens is 228 g/mol. The van der Waals surface area contributed by atoms with Crippen LogP contribution in [0.2, 0.25) is 0 Å². The molecule has 0 unspecified atom stereocenters. The average Bonchev–Trinajstić information content (AvgIpc) is 3.21. The molecule has 0 N–H and O–H groups in total. The molecule has 2 atom stereocenters. The minimum atomic E-state index is -2.06. The third-order valence-corrected chi connectivity index (χ3v) is 3.91. The molecule has 0 aromatic rings. The van der Waals surface area contributed by atoms with Gasteiger partial charge in [0, 0.05) is 19.0 Å². The monoisotopic (exact) mass is 247 g/mol. The van der Waals surface area contributed by atoms with Crippen molar-refractivity contribution in [2.24, 2.45) is 11.8 Å². The zero-order chi connectivity index (χ0) is 12.5. The molecule has 2 aliphatic heterocycles. The van der Waals surface area contributed by atoms with E-state index in [-0.39, 0.29) is 11.5 Å². The molecule has 3 nitrogen and oxygen atoms in total. The van der Waals surface area contributed by atoms with Gasteiger partial charge < -0.3 is 9.64 Å². The largest absolute Gasteiger partial charge is 0.369 e. The SMILES string of the molecule is C[C@H]1C[C@H]1C(F)F.O=CN1CCC2(CC1)CO2. The summed E-state index contributed by atoms with van der Waals surface area (Å²) in [6.45, 7) is 4.53. The first-order valence-corrected chi connectivity index (χ1v) is 6.18. The Morgan fingerprint density at radius 3 is 2.18 bits per heavy atom. The lowest BCUT2D eigenvalue weighted by Gasteiger charge is -2.26. The Hall–Kier alpha value is -0.710. The highest BCUT2D eigenvalue weighted by atomic mass is 19.3. The quantitative estimate of drug-likeness (QED) is 0.551. The average molecular weight is 247 g/mol. The highest BCUT2D eigenvalue weighted by Gasteiger charge is 2.46. The minimum absolute atomic E-state index is 0.208. The number of hydrogen-bond donors (Lipinski definition) is 0. The summed E-state index contributed by atoms with van der Waals surface area (Å²) in [6.07, 6.45) is 1.67. The number of rotatable bonds is 2. The molecular formula is C12H19F2NO2. The van der Waals surface area contributed by atoms with E-state index in [0.29, 0.717) is 5.92 Å². The summed E-state index contributed by atoms with van der Waals surface area (Å²) in [6, 6.07) is 0. The highest BCUT2D eigenvalue weighted by molar-refractivity contribution is 5.47. The van der Waals surface area contributed by atoms with Gasteiger partial charge in [0.25, 0.3) is 0 Å². The van der Waals surface area contributed by atoms with Crippen molar-refractivity contribution in [1.82, 2.24) is 4.90 Å². The normalized spacial score (nSPS) is 33.1. The number of halogens is 2. The Morgan fingerprint density at radius 2 is 1.94 bits per heavy atom. The van der Waals surface area contributed by atoms with Crippen molar-refractivity contribution in [2.45, 2.75) is 38.2 Å². The molecule has 3 fully saturated rings. The van der Waals surface area contributed by atoms with Gasteiger partial charge in [0.05, 0.1) is 12.2 Å². The van der Waals surface area contributed by atoms with Crippen LogP contribution >= 0.6 is 0 Å². The number of likely N-dealkylation sites (tertiary alicyclic amines) is 1. The first-order valence-electron chi connectivity index (χ1n) is 6.18. The number of carbonyl (C=O) groups excluding carboxylic acids is 1. The molecule has 2 heterocycles. The van der Waals surface area contributed by atoms with Crippen LogP contribution in [-0.4, -0.2) is 43.0 Å². The zero-order valence-electron chi connectivity index (χ0n) is 10.1. The molecule has 5 heteroatoms. The van der Waals surface area contributed by atoms with E-state index in [0.717, 1.165) is 45.4 Å². The van der Waals surface area contributed by atoms with Crippen LogP contribution in [0.5, 0.6) is 0 Å². The maximum atomic E-state index is 11.5. The maximum Gasteiger partial charge on any atom is 0.241 e. The number of hydrogen-bond acceptors (Lipinski definition) is 2. The van der Waals surface area contributed by atoms with Gasteiger partial charge in [0.15, 0.2) is 0 Å². The third kappa shape index (κ3) is 3.37. The molecule has 98 valence electrons. The van der Waals surface area contributed by atoms with E-state index >= 15 is 0 Å². The van der Waals surface area contributed by atoms with Gasteiger partial charge in [-0.3, -0.25) is 4.79 Å². The summed E-state index contributed by atoms with van der Waals surface area (Å²) in [7, 11) is 0. The predicted molar refractivity (Wildman–Crippen MR) is 58.8 cm³/mol. The minimum Gasteiger partial charge on any atom is -0.369 e. The molecule has 3 aliphatic rings. The van der Waals surface area contributed by atoms with E-state index in [1.54, 1.807) is 0 Å². The van der Waals surface area contributed by atoms with Gasteiger partial charge in [0.2, 0.25) is 12.8 Å². The lowest BCUT2D eigenvalue weighted by atomic mass is 9.98. The number of alkyl halides is 2. The summed E-state index contributed by atoms with van der Waals surface area (Å²) in [4.78, 5) is 12.1. The maximum absolute atomic E-state index is 11.5. The fourth-order valence-electron chi connectivity index (χ4n) is 2.13. The lowest BCUT2D eigenvalue weighted by molar-refractivity contribution is -0.119. The molecule has 3 rings (SSSR count). The Balaban J connectivity index is 0.000000136. The Kier molecular flexibility index (Phi) is 3.66. The smallest absolute Gasteiger partial charge is 0.241 e. The van der Waals surface area contributed by atoms with Crippen molar-refractivity contribution in [3.8, 4) is 0 Å². The van der Waals surface area contributed by atoms with Crippen molar-refractivity contribution < 1.29 is 18.3 Å². The van der Waals surface area contributed by atoms with Gasteiger partial charge in [0.1, 0.15) is 0 Å². The number of carbonyl (C=O) groups is 1. The van der Waals surface area contributed by atoms with Crippen LogP contribution in [0.4, 0.5) is 8.78 Å². The number of nitrogens with zero attached hydrogens (tertiary/aromatic N) is 1. The van der Waals surface area contributed by atoms with E-state index in [2.05, 4.69) is 0 Å². The van der Waals surface area contributed by atoms with Crippen LogP contribution in [-0.2, 0) is 9.53 Å². The van der Waals surface area contributed by atoms with Crippen LogP contribution in [0.3, 0.4) is 0 Å². The third-order valence-electron chi connectivity index (χ3n) is 3.91. The first kappa shape index (κ1) is 12.7. The van der Waals surface area contributed by atoms with E-state index in [1.165, 1.54) is 0 Å². The van der Waals surface area contributed by atoms with E-state index in [9.17, 15) is 13.6 Å². The number of epoxide rings is 1. The van der Waals surface area contributed by atoms with Gasteiger partial charge in [-0.15, -0.1) is 0 Å². The van der Waals surface area contributed by atoms with E-state index < -0.39 is 6.43 Å². The fraction of sp³-hybridized carbons (Fsp3) is 0.917. The van der Waals surface area contributed by atoms with E-state index in [4.69, 9.17) is 4.74 Å². The Bertz CT molecular complexity index is 272. The molecule has 1 spiro atoms. The van der Waals surface area contributed by atoms with Gasteiger partial charge in [-0.1, -0.05) is 6.92 Å². The van der Waals surface area contributed by atoms with Crippen molar-refractivity contribution in [3.63, 3.8) is 0 Å². The molecule has 17 heavy (non-hydrogen) atoms. The fourth-order valence-corrected chi connectivity index (χ4v) is 2.13. The van der Waals surface area contributed by atoms with Crippen molar-refractivity contribution in [2.75, 3.05) is 19.7 Å². The Morgan fingerprint density at radius 1 is 1.41 bits per heavy atom. The van der Waals surface area contributed by atoms with Gasteiger partial charge in [-0.2, -0.15) is 0 Å². The van der Waals surface area contributed by atoms with Gasteiger partial charge in [-0.25, -0.2) is 8.78 Å². The van der Waals surface area contributed by atoms with Gasteiger partial charge in [-0.05, 0) is 25.2 Å². The molecule has 0 radical (unpaired) electrons.